The Balaban J connectivity index is 1.43. The van der Waals surface area contributed by atoms with E-state index in [9.17, 15) is 0 Å². The van der Waals surface area contributed by atoms with Crippen molar-refractivity contribution in [2.75, 3.05) is 0 Å². The number of aromatic nitrogens is 3. The van der Waals surface area contributed by atoms with Gasteiger partial charge in [0.15, 0.2) is 0 Å². The molecule has 0 fully saturated rings. The fourth-order valence-corrected chi connectivity index (χ4v) is 6.32. The van der Waals surface area contributed by atoms with Crippen molar-refractivity contribution in [2.24, 2.45) is 0 Å². The molecule has 3 nitrogen and oxygen atoms in total. The Morgan fingerprint density at radius 1 is 0.692 bits per heavy atom. The maximum Gasteiger partial charge on any atom is 0.0931 e. The lowest BCUT2D eigenvalue weighted by molar-refractivity contribution is 1.34. The van der Waals surface area contributed by atoms with Gasteiger partial charge in [0.1, 0.15) is 0 Å². The zero-order valence-corrected chi connectivity index (χ0v) is 15.8. The Morgan fingerprint density at radius 2 is 1.42 bits per heavy atom. The summed E-state index contributed by atoms with van der Waals surface area (Å²) in [5.41, 5.74) is 7.59. The highest BCUT2D eigenvalue weighted by Gasteiger charge is 2.11. The van der Waals surface area contributed by atoms with Gasteiger partial charge in [0.2, 0.25) is 0 Å². The number of imidazole rings is 1. The molecule has 0 bridgehead atoms. The Labute approximate surface area is 160 Å². The zero-order valence-electron chi connectivity index (χ0n) is 13.4. The van der Waals surface area contributed by atoms with Crippen LogP contribution in [0.2, 0.25) is 0 Å². The van der Waals surface area contributed by atoms with Gasteiger partial charge in [-0.05, 0) is 47.5 Å². The van der Waals surface area contributed by atoms with Crippen molar-refractivity contribution in [3.05, 3.63) is 60.4 Å². The number of benzene rings is 2. The summed E-state index contributed by atoms with van der Waals surface area (Å²) in [7, 11) is 0. The monoisotopic (exact) mass is 389 g/mol. The molecule has 0 radical (unpaired) electrons. The van der Waals surface area contributed by atoms with E-state index in [4.69, 9.17) is 0 Å². The van der Waals surface area contributed by atoms with E-state index in [1.165, 1.54) is 35.0 Å². The summed E-state index contributed by atoms with van der Waals surface area (Å²) in [6.45, 7) is 0. The van der Waals surface area contributed by atoms with Crippen LogP contribution in [0.25, 0.3) is 51.5 Å². The fraction of sp³-hybridized carbons (Fsp3) is 0. The van der Waals surface area contributed by atoms with Crippen molar-refractivity contribution in [3.8, 4) is 20.9 Å². The van der Waals surface area contributed by atoms with Crippen molar-refractivity contribution in [2.45, 2.75) is 0 Å². The van der Waals surface area contributed by atoms with Gasteiger partial charge in [0, 0.05) is 19.2 Å². The van der Waals surface area contributed by atoms with E-state index in [1.807, 2.05) is 28.2 Å². The average Bonchev–Trinajstić information content (AvgIpc) is 3.41. The minimum Gasteiger partial charge on any atom is -0.345 e. The van der Waals surface area contributed by atoms with Gasteiger partial charge in [-0.3, -0.25) is 0 Å². The van der Waals surface area contributed by atoms with E-state index < -0.39 is 0 Å². The zero-order chi connectivity index (χ0) is 17.1. The van der Waals surface area contributed by atoms with Crippen LogP contribution in [0.3, 0.4) is 0 Å². The summed E-state index contributed by atoms with van der Waals surface area (Å²) in [6.07, 6.45) is 1.74. The highest BCUT2D eigenvalue weighted by molar-refractivity contribution is 7.31. The van der Waals surface area contributed by atoms with E-state index in [-0.39, 0.29) is 0 Å². The Kier molecular flexibility index (Phi) is 3.08. The number of hydrogen-bond acceptors (Lipinski definition) is 5. The van der Waals surface area contributed by atoms with Crippen molar-refractivity contribution in [1.82, 2.24) is 15.0 Å². The van der Waals surface area contributed by atoms with Crippen LogP contribution in [0.4, 0.5) is 0 Å². The second kappa shape index (κ2) is 5.48. The Morgan fingerprint density at radius 3 is 2.23 bits per heavy atom. The van der Waals surface area contributed by atoms with Crippen LogP contribution in [0.5, 0.6) is 0 Å². The molecule has 0 amide bonds. The van der Waals surface area contributed by atoms with Crippen molar-refractivity contribution >= 4 is 64.7 Å². The first-order valence-corrected chi connectivity index (χ1v) is 10.7. The molecule has 2 aromatic carbocycles. The Hall–Kier alpha value is -2.54. The van der Waals surface area contributed by atoms with Gasteiger partial charge in [0.25, 0.3) is 0 Å². The van der Waals surface area contributed by atoms with Crippen LogP contribution in [-0.4, -0.2) is 15.0 Å². The highest BCUT2D eigenvalue weighted by Crippen LogP contribution is 2.42. The topological polar surface area (TPSA) is 41.6 Å². The maximum absolute atomic E-state index is 4.37. The number of H-pyrrole nitrogens is 1. The van der Waals surface area contributed by atoms with Crippen molar-refractivity contribution < 1.29 is 0 Å². The van der Waals surface area contributed by atoms with Crippen LogP contribution in [0.15, 0.2) is 60.4 Å². The SMILES string of the molecule is c1nc2ccc(-c3cc4sc(-c5ccc6ncsc6c5)cc4s3)cc2[nH]1. The van der Waals surface area contributed by atoms with E-state index >= 15 is 0 Å². The molecule has 0 aliphatic rings. The molecule has 6 heteroatoms. The molecule has 0 spiro atoms. The largest absolute Gasteiger partial charge is 0.345 e. The van der Waals surface area contributed by atoms with Gasteiger partial charge < -0.3 is 4.98 Å². The molecule has 6 aromatic rings. The molecule has 4 aromatic heterocycles. The minimum atomic E-state index is 1.01. The Bertz CT molecular complexity index is 1260. The van der Waals surface area contributed by atoms with Gasteiger partial charge >= 0.3 is 0 Å². The molecule has 0 atom stereocenters. The first-order valence-electron chi connectivity index (χ1n) is 8.14. The summed E-state index contributed by atoms with van der Waals surface area (Å²) in [5, 5.41) is 0. The summed E-state index contributed by atoms with van der Waals surface area (Å²) in [5.74, 6) is 0. The third kappa shape index (κ3) is 2.23. The van der Waals surface area contributed by atoms with Gasteiger partial charge in [-0.2, -0.15) is 0 Å². The summed E-state index contributed by atoms with van der Waals surface area (Å²) >= 11 is 5.40. The van der Waals surface area contributed by atoms with E-state index in [1.54, 1.807) is 17.7 Å². The van der Waals surface area contributed by atoms with Gasteiger partial charge in [0.05, 0.1) is 33.1 Å². The van der Waals surface area contributed by atoms with Crippen LogP contribution in [0.1, 0.15) is 0 Å². The third-order valence-electron chi connectivity index (χ3n) is 4.53. The molecule has 6 rings (SSSR count). The lowest BCUT2D eigenvalue weighted by atomic mass is 10.1. The van der Waals surface area contributed by atoms with Gasteiger partial charge in [-0.25, -0.2) is 9.97 Å². The number of rotatable bonds is 2. The molecule has 0 aliphatic carbocycles. The van der Waals surface area contributed by atoms with Gasteiger partial charge in [-0.1, -0.05) is 12.1 Å². The summed E-state index contributed by atoms with van der Waals surface area (Å²) in [4.78, 5) is 14.5. The number of nitrogens with zero attached hydrogens (tertiary/aromatic N) is 2. The predicted molar refractivity (Wildman–Crippen MR) is 113 cm³/mol. The maximum atomic E-state index is 4.37. The number of thiophene rings is 2. The highest BCUT2D eigenvalue weighted by atomic mass is 32.1. The minimum absolute atomic E-state index is 1.01. The molecule has 124 valence electrons. The molecule has 0 saturated carbocycles. The third-order valence-corrected chi connectivity index (χ3v) is 7.71. The van der Waals surface area contributed by atoms with Crippen LogP contribution < -0.4 is 0 Å². The summed E-state index contributed by atoms with van der Waals surface area (Å²) in [6, 6.07) is 17.5. The lowest BCUT2D eigenvalue weighted by Gasteiger charge is -1.98. The van der Waals surface area contributed by atoms with Crippen LogP contribution in [0, 0.1) is 0 Å². The molecule has 4 heterocycles. The van der Waals surface area contributed by atoms with E-state index in [0.29, 0.717) is 0 Å². The number of thiazole rings is 1. The molecule has 1 N–H and O–H groups in total. The van der Waals surface area contributed by atoms with Crippen LogP contribution >= 0.6 is 34.0 Å². The van der Waals surface area contributed by atoms with E-state index in [2.05, 4.69) is 63.5 Å². The quantitative estimate of drug-likeness (QED) is 0.354. The van der Waals surface area contributed by atoms with E-state index in [0.717, 1.165) is 16.6 Å². The second-order valence-corrected chi connectivity index (χ2v) is 9.17. The molecule has 0 aliphatic heterocycles. The molecule has 0 unspecified atom stereocenters. The normalized spacial score (nSPS) is 11.8. The number of fused-ring (bicyclic) bond motifs is 3. The summed E-state index contributed by atoms with van der Waals surface area (Å²) < 4.78 is 3.93. The van der Waals surface area contributed by atoms with Crippen LogP contribution in [-0.2, 0) is 0 Å². The van der Waals surface area contributed by atoms with Gasteiger partial charge in [-0.15, -0.1) is 34.0 Å². The first kappa shape index (κ1) is 14.6. The smallest absolute Gasteiger partial charge is 0.0931 e. The number of hydrogen-bond donors (Lipinski definition) is 1. The lowest BCUT2D eigenvalue weighted by Crippen LogP contribution is -1.74. The van der Waals surface area contributed by atoms with Crippen molar-refractivity contribution in [3.63, 3.8) is 0 Å². The van der Waals surface area contributed by atoms with Crippen molar-refractivity contribution in [1.29, 1.82) is 0 Å². The molecular formula is C20H11N3S3. The fourth-order valence-electron chi connectivity index (χ4n) is 3.22. The average molecular weight is 390 g/mol. The number of aromatic amines is 1. The number of nitrogens with one attached hydrogen (secondary N) is 1. The molecule has 0 saturated heterocycles. The second-order valence-electron chi connectivity index (χ2n) is 6.12. The molecule has 26 heavy (non-hydrogen) atoms. The standard InChI is InChI=1S/C20H11N3S3/c1-3-13-15(22-9-21-13)5-11(1)16-7-19-20(25-16)8-17(26-19)12-2-4-14-18(6-12)24-10-23-14/h1-10H,(H,21,22). The first-order chi connectivity index (χ1) is 12.8. The predicted octanol–water partition coefficient (Wildman–Crippen LogP) is 6.78. The molecular weight excluding hydrogens is 378 g/mol.